The zero-order chi connectivity index (χ0) is 17.3. The van der Waals surface area contributed by atoms with Crippen LogP contribution in [0, 0.1) is 0 Å². The van der Waals surface area contributed by atoms with Gasteiger partial charge in [0.2, 0.25) is 0 Å². The number of fused-ring (bicyclic) bond motifs is 6. The molecule has 2 heterocycles. The molecule has 2 aromatic heterocycles. The maximum Gasteiger partial charge on any atom is 0.0464 e. The zero-order valence-corrected chi connectivity index (χ0v) is 15.0. The van der Waals surface area contributed by atoms with E-state index in [-0.39, 0.29) is 0 Å². The van der Waals surface area contributed by atoms with Crippen molar-refractivity contribution in [3.63, 3.8) is 0 Å². The summed E-state index contributed by atoms with van der Waals surface area (Å²) in [6.45, 7) is 0. The smallest absolute Gasteiger partial charge is 0.0464 e. The van der Waals surface area contributed by atoms with E-state index in [1.807, 2.05) is 11.3 Å². The number of aromatic amines is 1. The fraction of sp³-hybridized carbons (Fsp3) is 0. The molecular weight excluding hydrogens is 334 g/mol. The molecule has 6 rings (SSSR count). The van der Waals surface area contributed by atoms with E-state index >= 15 is 0 Å². The van der Waals surface area contributed by atoms with E-state index < -0.39 is 0 Å². The predicted molar refractivity (Wildman–Crippen MR) is 115 cm³/mol. The molecule has 0 amide bonds. The molecule has 0 aliphatic rings. The Morgan fingerprint density at radius 3 is 1.31 bits per heavy atom. The molecule has 0 fully saturated rings. The number of H-pyrrole nitrogens is 1. The first-order valence-electron chi connectivity index (χ1n) is 8.72. The van der Waals surface area contributed by atoms with Crippen molar-refractivity contribution in [1.29, 1.82) is 0 Å². The van der Waals surface area contributed by atoms with Crippen LogP contribution >= 0.6 is 11.3 Å². The number of benzene rings is 4. The summed E-state index contributed by atoms with van der Waals surface area (Å²) in [7, 11) is 0. The number of thiophene rings is 1. The molecule has 124 valence electrons. The summed E-state index contributed by atoms with van der Waals surface area (Å²) in [5, 5.41) is 5.36. The predicted octanol–water partition coefficient (Wildman–Crippen LogP) is 7.38. The highest BCUT2D eigenvalue weighted by Gasteiger charge is 2.01. The Morgan fingerprint density at radius 1 is 0.423 bits per heavy atom. The van der Waals surface area contributed by atoms with E-state index in [2.05, 4.69) is 102 Å². The molecule has 0 radical (unpaired) electrons. The minimum absolute atomic E-state index is 1.21. The van der Waals surface area contributed by atoms with Gasteiger partial charge in [0.25, 0.3) is 0 Å². The molecule has 0 saturated heterocycles. The molecule has 6 aromatic rings. The van der Waals surface area contributed by atoms with Gasteiger partial charge < -0.3 is 4.98 Å². The SMILES string of the molecule is c1ccc2c(c1)[nH]c1ccccc12.c1ccc2c(c1)sc1ccccc12. The van der Waals surface area contributed by atoms with Crippen LogP contribution in [-0.2, 0) is 0 Å². The van der Waals surface area contributed by atoms with E-state index in [1.54, 1.807) is 0 Å². The summed E-state index contributed by atoms with van der Waals surface area (Å²) in [4.78, 5) is 3.38. The summed E-state index contributed by atoms with van der Waals surface area (Å²) >= 11 is 1.86. The normalized spacial score (nSPS) is 11.1. The van der Waals surface area contributed by atoms with Gasteiger partial charge in [0.05, 0.1) is 0 Å². The molecule has 0 spiro atoms. The first kappa shape index (κ1) is 15.2. The van der Waals surface area contributed by atoms with Gasteiger partial charge >= 0.3 is 0 Å². The van der Waals surface area contributed by atoms with Crippen LogP contribution in [0.2, 0.25) is 0 Å². The lowest BCUT2D eigenvalue weighted by Crippen LogP contribution is -1.62. The molecule has 26 heavy (non-hydrogen) atoms. The van der Waals surface area contributed by atoms with E-state index in [9.17, 15) is 0 Å². The van der Waals surface area contributed by atoms with Gasteiger partial charge in [0.15, 0.2) is 0 Å². The Bertz CT molecular complexity index is 1130. The van der Waals surface area contributed by atoms with E-state index in [4.69, 9.17) is 0 Å². The maximum atomic E-state index is 3.38. The summed E-state index contributed by atoms with van der Waals surface area (Å²) in [6, 6.07) is 33.9. The summed E-state index contributed by atoms with van der Waals surface area (Å²) in [6.07, 6.45) is 0. The molecule has 0 bridgehead atoms. The molecule has 0 atom stereocenters. The topological polar surface area (TPSA) is 15.8 Å². The molecule has 2 heteroatoms. The molecular formula is C24H17NS. The lowest BCUT2D eigenvalue weighted by molar-refractivity contribution is 1.55. The van der Waals surface area contributed by atoms with Gasteiger partial charge in [-0.25, -0.2) is 0 Å². The van der Waals surface area contributed by atoms with Crippen molar-refractivity contribution < 1.29 is 0 Å². The Kier molecular flexibility index (Phi) is 3.69. The average molecular weight is 351 g/mol. The van der Waals surface area contributed by atoms with Crippen molar-refractivity contribution in [2.45, 2.75) is 0 Å². The van der Waals surface area contributed by atoms with Crippen molar-refractivity contribution in [1.82, 2.24) is 4.98 Å². The zero-order valence-electron chi connectivity index (χ0n) is 14.1. The third-order valence-corrected chi connectivity index (χ3v) is 5.85. The number of para-hydroxylation sites is 2. The Morgan fingerprint density at radius 2 is 0.808 bits per heavy atom. The summed E-state index contributed by atoms with van der Waals surface area (Å²) < 4.78 is 2.76. The number of rotatable bonds is 0. The van der Waals surface area contributed by atoms with E-state index in [0.717, 1.165) is 0 Å². The summed E-state index contributed by atoms with van der Waals surface area (Å²) in [5.74, 6) is 0. The molecule has 0 aliphatic heterocycles. The van der Waals surface area contributed by atoms with Crippen LogP contribution in [0.25, 0.3) is 42.0 Å². The first-order chi connectivity index (χ1) is 12.9. The van der Waals surface area contributed by atoms with Crippen LogP contribution in [0.15, 0.2) is 97.1 Å². The average Bonchev–Trinajstić information content (AvgIpc) is 3.27. The molecule has 0 saturated carbocycles. The number of nitrogens with one attached hydrogen (secondary N) is 1. The molecule has 0 unspecified atom stereocenters. The van der Waals surface area contributed by atoms with Crippen molar-refractivity contribution in [3.8, 4) is 0 Å². The second-order valence-corrected chi connectivity index (χ2v) is 7.39. The minimum Gasteiger partial charge on any atom is -0.355 e. The summed E-state index contributed by atoms with van der Waals surface area (Å²) in [5.41, 5.74) is 2.42. The van der Waals surface area contributed by atoms with Gasteiger partial charge in [0, 0.05) is 42.0 Å². The number of hydrogen-bond acceptors (Lipinski definition) is 1. The van der Waals surface area contributed by atoms with Gasteiger partial charge in [-0.1, -0.05) is 72.8 Å². The highest BCUT2D eigenvalue weighted by molar-refractivity contribution is 7.25. The minimum atomic E-state index is 1.21. The van der Waals surface area contributed by atoms with Gasteiger partial charge in [0.1, 0.15) is 0 Å². The Labute approximate surface area is 155 Å². The van der Waals surface area contributed by atoms with Crippen LogP contribution < -0.4 is 0 Å². The monoisotopic (exact) mass is 351 g/mol. The number of hydrogen-bond donors (Lipinski definition) is 1. The van der Waals surface area contributed by atoms with Crippen molar-refractivity contribution in [2.24, 2.45) is 0 Å². The third-order valence-electron chi connectivity index (χ3n) is 4.70. The fourth-order valence-corrected chi connectivity index (χ4v) is 4.58. The van der Waals surface area contributed by atoms with E-state index in [0.29, 0.717) is 0 Å². The highest BCUT2D eigenvalue weighted by Crippen LogP contribution is 2.32. The fourth-order valence-electron chi connectivity index (χ4n) is 3.47. The lowest BCUT2D eigenvalue weighted by atomic mass is 10.2. The lowest BCUT2D eigenvalue weighted by Gasteiger charge is -1.88. The molecule has 0 aliphatic carbocycles. The molecule has 4 aromatic carbocycles. The molecule has 1 nitrogen and oxygen atoms in total. The van der Waals surface area contributed by atoms with Crippen LogP contribution in [-0.4, -0.2) is 4.98 Å². The van der Waals surface area contributed by atoms with E-state index in [1.165, 1.54) is 42.0 Å². The highest BCUT2D eigenvalue weighted by atomic mass is 32.1. The maximum absolute atomic E-state index is 3.38. The van der Waals surface area contributed by atoms with Crippen molar-refractivity contribution >= 4 is 53.3 Å². The Hall–Kier alpha value is -3.10. The van der Waals surface area contributed by atoms with Gasteiger partial charge in [-0.15, -0.1) is 11.3 Å². The third kappa shape index (κ3) is 2.56. The van der Waals surface area contributed by atoms with Gasteiger partial charge in [-0.2, -0.15) is 0 Å². The van der Waals surface area contributed by atoms with Crippen molar-refractivity contribution in [2.75, 3.05) is 0 Å². The first-order valence-corrected chi connectivity index (χ1v) is 9.53. The second-order valence-electron chi connectivity index (χ2n) is 6.31. The second kappa shape index (κ2) is 6.32. The van der Waals surface area contributed by atoms with Crippen LogP contribution in [0.3, 0.4) is 0 Å². The van der Waals surface area contributed by atoms with Gasteiger partial charge in [-0.3, -0.25) is 0 Å². The van der Waals surface area contributed by atoms with Crippen molar-refractivity contribution in [3.05, 3.63) is 97.1 Å². The quantitative estimate of drug-likeness (QED) is 0.294. The number of aromatic nitrogens is 1. The standard InChI is InChI=1S/C12H9N.C12H8S/c2*1-3-7-11-9(5-1)10-6-2-4-8-12(10)13-11/h1-8,13H;1-8H. The molecule has 1 N–H and O–H groups in total. The van der Waals surface area contributed by atoms with Crippen LogP contribution in [0.1, 0.15) is 0 Å². The van der Waals surface area contributed by atoms with Crippen LogP contribution in [0.5, 0.6) is 0 Å². The van der Waals surface area contributed by atoms with Crippen LogP contribution in [0.4, 0.5) is 0 Å². The Balaban J connectivity index is 0.000000115. The van der Waals surface area contributed by atoms with Gasteiger partial charge in [-0.05, 0) is 24.3 Å². The largest absolute Gasteiger partial charge is 0.355 e.